The number of ether oxygens (including phenoxy) is 1. The number of nitrogens with one attached hydrogen (secondary N) is 2. The van der Waals surface area contributed by atoms with E-state index in [1.807, 2.05) is 79.8 Å². The molecule has 2 aromatic rings. The molecule has 2 aromatic carbocycles. The number of fused-ring (bicyclic) bond motifs is 1. The number of amides is 2. The van der Waals surface area contributed by atoms with Crippen LogP contribution in [0.15, 0.2) is 85.0 Å². The van der Waals surface area contributed by atoms with E-state index in [2.05, 4.69) is 49.2 Å². The van der Waals surface area contributed by atoms with Crippen LogP contribution in [0.4, 0.5) is 0 Å². The van der Waals surface area contributed by atoms with Crippen molar-refractivity contribution in [3.8, 4) is 0 Å². The number of carbonyl (C=O) groups excluding carboxylic acids is 4. The Labute approximate surface area is 391 Å². The van der Waals surface area contributed by atoms with Gasteiger partial charge in [0.25, 0.3) is 0 Å². The van der Waals surface area contributed by atoms with Crippen molar-refractivity contribution >= 4 is 47.3 Å². The Morgan fingerprint density at radius 1 is 0.750 bits per heavy atom. The molecule has 7 rings (SSSR count). The number of hydrogen-bond donors (Lipinski definition) is 6. The van der Waals surface area contributed by atoms with Crippen molar-refractivity contribution in [3.05, 3.63) is 96.1 Å². The molecule has 352 valence electrons. The number of carbonyl (C=O) groups is 4. The van der Waals surface area contributed by atoms with E-state index in [4.69, 9.17) is 4.74 Å². The maximum Gasteiger partial charge on any atom is 0.339 e. The van der Waals surface area contributed by atoms with Crippen LogP contribution in [-0.4, -0.2) is 72.7 Å². The molecular weight excluding hydrogens is 845 g/mol. The Bertz CT molecular complexity index is 1890. The highest BCUT2D eigenvalue weighted by atomic mass is 32.2. The van der Waals surface area contributed by atoms with Crippen LogP contribution >= 0.6 is 24.4 Å². The second-order valence-corrected chi connectivity index (χ2v) is 19.9. The summed E-state index contributed by atoms with van der Waals surface area (Å²) >= 11 is 5.17. The van der Waals surface area contributed by atoms with Gasteiger partial charge in [-0.2, -0.15) is 12.6 Å². The van der Waals surface area contributed by atoms with Gasteiger partial charge < -0.3 is 30.7 Å². The summed E-state index contributed by atoms with van der Waals surface area (Å²) in [6, 6.07) is 19.8. The van der Waals surface area contributed by atoms with Gasteiger partial charge in [-0.25, -0.2) is 4.79 Å². The van der Waals surface area contributed by atoms with E-state index in [1.165, 1.54) is 5.56 Å². The lowest BCUT2D eigenvalue weighted by molar-refractivity contribution is -0.238. The summed E-state index contributed by atoms with van der Waals surface area (Å²) in [6.45, 7) is 7.65. The molecule has 2 aliphatic carbocycles. The first-order chi connectivity index (χ1) is 30.7. The number of aliphatic hydroxyl groups excluding tert-OH is 2. The zero-order valence-corrected chi connectivity index (χ0v) is 40.2. The van der Waals surface area contributed by atoms with E-state index in [-0.39, 0.29) is 34.7 Å². The molecule has 10 atom stereocenters. The summed E-state index contributed by atoms with van der Waals surface area (Å²) in [4.78, 5) is 51.7. The highest BCUT2D eigenvalue weighted by molar-refractivity contribution is 8.13. The molecule has 0 saturated carbocycles. The van der Waals surface area contributed by atoms with Crippen LogP contribution in [-0.2, 0) is 35.4 Å². The summed E-state index contributed by atoms with van der Waals surface area (Å²) in [5.41, 5.74) is -3.36. The summed E-state index contributed by atoms with van der Waals surface area (Å²) in [6.07, 6.45) is 20.7. The van der Waals surface area contributed by atoms with Gasteiger partial charge in [-0.05, 0) is 76.3 Å². The van der Waals surface area contributed by atoms with E-state index in [0.717, 1.165) is 113 Å². The molecular formula is C52H74N2O8S2. The number of thioether (sulfide) groups is 1. The van der Waals surface area contributed by atoms with Gasteiger partial charge in [0.15, 0.2) is 11.1 Å². The van der Waals surface area contributed by atoms with Gasteiger partial charge in [-0.1, -0.05) is 162 Å². The topological polar surface area (TPSA) is 162 Å². The van der Waals surface area contributed by atoms with Crippen LogP contribution in [0.3, 0.4) is 0 Å². The van der Waals surface area contributed by atoms with Gasteiger partial charge in [0, 0.05) is 23.3 Å². The van der Waals surface area contributed by atoms with Crippen molar-refractivity contribution in [3.63, 3.8) is 0 Å². The van der Waals surface area contributed by atoms with Gasteiger partial charge in [-0.3, -0.25) is 14.4 Å². The minimum absolute atomic E-state index is 0.106. The first kappa shape index (κ1) is 51.6. The lowest BCUT2D eigenvalue weighted by Crippen LogP contribution is -2.80. The molecule has 0 radical (unpaired) electrons. The molecule has 0 spiro atoms. The number of unbranched alkanes of at least 4 members (excludes halogenated alkanes) is 6. The third kappa shape index (κ3) is 11.0. The zero-order chi connectivity index (χ0) is 46.4. The van der Waals surface area contributed by atoms with Crippen LogP contribution in [0.2, 0.25) is 0 Å². The van der Waals surface area contributed by atoms with E-state index >= 15 is 0 Å². The largest absolute Gasteiger partial charge is 0.453 e. The molecule has 5 aliphatic rings. The van der Waals surface area contributed by atoms with Crippen molar-refractivity contribution < 1.29 is 39.2 Å². The molecule has 10 nitrogen and oxygen atoms in total. The molecule has 3 heterocycles. The lowest BCUT2D eigenvalue weighted by atomic mass is 9.64. The van der Waals surface area contributed by atoms with Gasteiger partial charge in [0.2, 0.25) is 22.5 Å². The molecule has 3 aliphatic heterocycles. The summed E-state index contributed by atoms with van der Waals surface area (Å²) < 4.78 is 5.50. The fourth-order valence-electron chi connectivity index (χ4n) is 10.4. The van der Waals surface area contributed by atoms with Gasteiger partial charge in [-0.15, -0.1) is 0 Å². The third-order valence-corrected chi connectivity index (χ3v) is 15.8. The Balaban J connectivity index is 0.000000210. The minimum Gasteiger partial charge on any atom is -0.453 e. The molecule has 2 amide bonds. The number of allylic oxidation sites excluding steroid dienone is 2. The second-order valence-electron chi connectivity index (χ2n) is 18.7. The molecule has 0 aromatic heterocycles. The van der Waals surface area contributed by atoms with Gasteiger partial charge >= 0.3 is 5.97 Å². The average Bonchev–Trinajstić information content (AvgIpc) is 3.63. The predicted molar refractivity (Wildman–Crippen MR) is 258 cm³/mol. The van der Waals surface area contributed by atoms with E-state index in [1.54, 1.807) is 6.92 Å². The van der Waals surface area contributed by atoms with Gasteiger partial charge in [0.05, 0.1) is 24.0 Å². The van der Waals surface area contributed by atoms with Crippen LogP contribution < -0.4 is 10.6 Å². The van der Waals surface area contributed by atoms with Crippen molar-refractivity contribution in [2.45, 2.75) is 176 Å². The number of hydrogen-bond acceptors (Lipinski definition) is 10. The number of aliphatic hydroxyl groups is 3. The Morgan fingerprint density at radius 2 is 1.27 bits per heavy atom. The minimum atomic E-state index is -1.73. The molecule has 3 fully saturated rings. The smallest absolute Gasteiger partial charge is 0.339 e. The van der Waals surface area contributed by atoms with Crippen molar-refractivity contribution in [1.29, 1.82) is 0 Å². The number of esters is 1. The molecule has 0 unspecified atom stereocenters. The molecule has 3 saturated heterocycles. The van der Waals surface area contributed by atoms with E-state index in [9.17, 15) is 34.5 Å². The normalized spacial score (nSPS) is 31.2. The fourth-order valence-corrected chi connectivity index (χ4v) is 11.7. The zero-order valence-electron chi connectivity index (χ0n) is 38.5. The van der Waals surface area contributed by atoms with E-state index in [0.29, 0.717) is 18.6 Å². The van der Waals surface area contributed by atoms with Crippen LogP contribution in [0, 0.1) is 23.7 Å². The third-order valence-electron chi connectivity index (χ3n) is 14.4. The Kier molecular flexibility index (Phi) is 19.2. The van der Waals surface area contributed by atoms with Crippen molar-refractivity contribution in [2.75, 3.05) is 0 Å². The molecule has 64 heavy (non-hydrogen) atoms. The quantitative estimate of drug-likeness (QED) is 0.0371. The fraction of sp³-hybridized carbons (Fsp3) is 0.615. The summed E-state index contributed by atoms with van der Waals surface area (Å²) in [5.74, 6) is -1.20. The van der Waals surface area contributed by atoms with Crippen molar-refractivity contribution in [1.82, 2.24) is 10.6 Å². The lowest BCUT2D eigenvalue weighted by Gasteiger charge is -2.54. The highest BCUT2D eigenvalue weighted by Crippen LogP contribution is 2.54. The Morgan fingerprint density at radius 3 is 1.75 bits per heavy atom. The predicted octanol–water partition coefficient (Wildman–Crippen LogP) is 8.96. The van der Waals surface area contributed by atoms with Crippen LogP contribution in [0.1, 0.15) is 142 Å². The summed E-state index contributed by atoms with van der Waals surface area (Å²) in [7, 11) is 0. The Hall–Kier alpha value is -3.42. The molecule has 0 bridgehead atoms. The monoisotopic (exact) mass is 918 g/mol. The number of rotatable bonds is 18. The maximum absolute atomic E-state index is 13.7. The number of benzene rings is 2. The first-order valence-electron chi connectivity index (χ1n) is 23.9. The van der Waals surface area contributed by atoms with Crippen LogP contribution in [0.5, 0.6) is 0 Å². The van der Waals surface area contributed by atoms with Crippen LogP contribution in [0.25, 0.3) is 0 Å². The van der Waals surface area contributed by atoms with E-state index < -0.39 is 46.4 Å². The highest BCUT2D eigenvalue weighted by Gasteiger charge is 2.79. The summed E-state index contributed by atoms with van der Waals surface area (Å²) in [5, 5.41) is 39.6. The second kappa shape index (κ2) is 23.9. The first-order valence-corrected chi connectivity index (χ1v) is 25.5. The standard InChI is InChI=1S/C26H37NO4S.C19H29NO4.C7H8S/c1-3-4-5-12-17-21-23(29)27-26(25(21,2)31,22(28)20-15-10-7-11-16-20)24(30)32-18-19-13-8-6-9-14-19;1-3-4-5-9-12-14-16(22)20-19(17(23)24-18(14,19)2)15(21)13-10-7-6-8-11-13;8-6-7-4-2-1-3-5-7/h6,8-10,13-15,20-22,28,31H,3-5,7,11-12,16-18H2,1-2H3,(H,27,29);7,10,13-15,21H,3-6,8-9,11-12H2,1-2H3,(H,20,22);1-5,8H,6H2/t20-,21+,22+,25+,26+;13-,14+,15+,18+,19+;/m11./s1. The number of thiol groups is 1. The molecule has 5 N–H and O–H groups in total. The maximum atomic E-state index is 13.7. The molecule has 12 heteroatoms. The average molecular weight is 919 g/mol. The van der Waals surface area contributed by atoms with Crippen molar-refractivity contribution in [2.24, 2.45) is 23.7 Å². The van der Waals surface area contributed by atoms with Gasteiger partial charge in [0.1, 0.15) is 5.60 Å². The SMILES string of the molecule is CCCCCC[C@H]1C(=O)N[C@@]2([C@@H](O)[C@@H]3C=CCCC3)C(=O)O[C@@]12C.CCCCCC[C@H]1C(=O)N[C@](C(=O)SCc2ccccc2)([C@@H](O)[C@@H]2C=CCCC2)[C@@]1(C)O.SCc1ccccc1.